The van der Waals surface area contributed by atoms with Gasteiger partial charge in [-0.15, -0.1) is 0 Å². The fourth-order valence-corrected chi connectivity index (χ4v) is 7.79. The van der Waals surface area contributed by atoms with E-state index in [1.807, 2.05) is 18.2 Å². The number of piperidine rings is 1. The molecule has 1 spiro atoms. The van der Waals surface area contributed by atoms with Crippen molar-refractivity contribution in [1.29, 1.82) is 0 Å². The predicted molar refractivity (Wildman–Crippen MR) is 161 cm³/mol. The second-order valence-electron chi connectivity index (χ2n) is 12.4. The highest BCUT2D eigenvalue weighted by Gasteiger charge is 2.65. The van der Waals surface area contributed by atoms with Crippen molar-refractivity contribution >= 4 is 23.7 Å². The van der Waals surface area contributed by atoms with Crippen molar-refractivity contribution in [2.45, 2.75) is 69.7 Å². The fourth-order valence-electron chi connectivity index (χ4n) is 7.79. The van der Waals surface area contributed by atoms with E-state index in [0.717, 1.165) is 43.7 Å². The first-order chi connectivity index (χ1) is 21.1. The van der Waals surface area contributed by atoms with Crippen molar-refractivity contribution in [3.63, 3.8) is 0 Å². The van der Waals surface area contributed by atoms with Crippen LogP contribution in [0.15, 0.2) is 36.4 Å². The summed E-state index contributed by atoms with van der Waals surface area (Å²) in [6.07, 6.45) is 2.25. The molecule has 5 atom stereocenters. The molecule has 4 aliphatic rings. The number of likely N-dealkylation sites (N-methyl/N-ethyl adjacent to an activating group) is 1. The molecule has 2 aromatic carbocycles. The third kappa shape index (κ3) is 5.16. The summed E-state index contributed by atoms with van der Waals surface area (Å²) in [6.45, 7) is 5.06. The third-order valence-corrected chi connectivity index (χ3v) is 9.81. The number of ether oxygens (including phenoxy) is 3. The monoisotopic (exact) mass is 604 g/mol. The first-order valence-corrected chi connectivity index (χ1v) is 15.3. The van der Waals surface area contributed by atoms with Crippen LogP contribution in [-0.2, 0) is 32.8 Å². The van der Waals surface area contributed by atoms with Gasteiger partial charge >= 0.3 is 6.09 Å². The average molecular weight is 605 g/mol. The van der Waals surface area contributed by atoms with Crippen LogP contribution in [0.4, 0.5) is 4.79 Å². The molecule has 3 amide bonds. The molecule has 234 valence electrons. The number of methoxy groups -OCH3 is 1. The summed E-state index contributed by atoms with van der Waals surface area (Å²) in [7, 11) is 3.25. The summed E-state index contributed by atoms with van der Waals surface area (Å²) in [4.78, 5) is 52.8. The Labute approximate surface area is 257 Å². The molecule has 2 fully saturated rings. The van der Waals surface area contributed by atoms with Crippen LogP contribution >= 0.6 is 0 Å². The number of amides is 3. The standard InChI is InChI=1S/C33H40N4O7/c1-19(35-20(2)38)31(40)34-14-16-36(3)32(41)43-23-8-5-21(6-9-23)18-37-15-13-33-24-10-11-26(39)30(33)44-29-27(42-4)12-7-22(28(29)33)17-25(24)37/h5-9,12,19,24-25,30H,10-11,13-18H2,1-4H3,(H,34,40)(H,35,38)/t19-,24-,25?,30-,33-/m0/s1. The van der Waals surface area contributed by atoms with Crippen LogP contribution in [-0.4, -0.2) is 85.5 Å². The van der Waals surface area contributed by atoms with E-state index in [2.05, 4.69) is 21.6 Å². The van der Waals surface area contributed by atoms with Crippen LogP contribution in [0.5, 0.6) is 17.2 Å². The maximum Gasteiger partial charge on any atom is 0.415 e. The van der Waals surface area contributed by atoms with Crippen molar-refractivity contribution in [3.8, 4) is 17.2 Å². The first kappa shape index (κ1) is 29.9. The normalized spacial score (nSPS) is 25.3. The van der Waals surface area contributed by atoms with Gasteiger partial charge in [-0.2, -0.15) is 0 Å². The van der Waals surface area contributed by atoms with Gasteiger partial charge in [0.25, 0.3) is 0 Å². The highest BCUT2D eigenvalue weighted by molar-refractivity contribution is 5.89. The van der Waals surface area contributed by atoms with Crippen LogP contribution in [0.2, 0.25) is 0 Å². The lowest BCUT2D eigenvalue weighted by Gasteiger charge is -2.57. The highest BCUT2D eigenvalue weighted by atomic mass is 16.6. The predicted octanol–water partition coefficient (Wildman–Crippen LogP) is 2.58. The highest BCUT2D eigenvalue weighted by Crippen LogP contribution is 2.63. The van der Waals surface area contributed by atoms with E-state index in [0.29, 0.717) is 29.9 Å². The van der Waals surface area contributed by atoms with Gasteiger partial charge in [-0.05, 0) is 68.0 Å². The van der Waals surface area contributed by atoms with Gasteiger partial charge in [-0.3, -0.25) is 19.3 Å². The molecular weight excluding hydrogens is 564 g/mol. The summed E-state index contributed by atoms with van der Waals surface area (Å²) < 4.78 is 17.6. The molecule has 11 nitrogen and oxygen atoms in total. The Bertz CT molecular complexity index is 1480. The van der Waals surface area contributed by atoms with Crippen LogP contribution in [0.25, 0.3) is 0 Å². The number of rotatable bonds is 9. The molecule has 0 radical (unpaired) electrons. The lowest BCUT2D eigenvalue weighted by Crippen LogP contribution is -2.65. The number of hydrogen-bond acceptors (Lipinski definition) is 8. The molecule has 2 heterocycles. The molecule has 2 N–H and O–H groups in total. The van der Waals surface area contributed by atoms with Crippen LogP contribution in [0, 0.1) is 5.92 Å². The van der Waals surface area contributed by atoms with Gasteiger partial charge in [0.2, 0.25) is 11.8 Å². The van der Waals surface area contributed by atoms with E-state index in [1.165, 1.54) is 23.0 Å². The Hall–Kier alpha value is -4.12. The summed E-state index contributed by atoms with van der Waals surface area (Å²) in [5.41, 5.74) is 3.33. The van der Waals surface area contributed by atoms with Gasteiger partial charge in [0.1, 0.15) is 11.8 Å². The number of Topliss-reactive ketones (excluding diaryl/α,β-unsaturated/α-hetero) is 1. The molecule has 1 saturated heterocycles. The largest absolute Gasteiger partial charge is 0.493 e. The lowest BCUT2D eigenvalue weighted by atomic mass is 9.51. The molecule has 2 aromatic rings. The Balaban J connectivity index is 1.07. The van der Waals surface area contributed by atoms with Crippen molar-refractivity contribution < 1.29 is 33.4 Å². The van der Waals surface area contributed by atoms with Gasteiger partial charge < -0.3 is 29.7 Å². The molecule has 11 heteroatoms. The number of carbonyl (C=O) groups is 4. The minimum atomic E-state index is -0.652. The number of nitrogens with zero attached hydrogens (tertiary/aromatic N) is 2. The van der Waals surface area contributed by atoms with Crippen molar-refractivity contribution in [3.05, 3.63) is 53.1 Å². The second-order valence-corrected chi connectivity index (χ2v) is 12.4. The van der Waals surface area contributed by atoms with Gasteiger partial charge in [-0.1, -0.05) is 18.2 Å². The third-order valence-electron chi connectivity index (χ3n) is 9.81. The maximum atomic E-state index is 13.1. The van der Waals surface area contributed by atoms with Crippen LogP contribution < -0.4 is 24.8 Å². The molecule has 2 aliphatic heterocycles. The van der Waals surface area contributed by atoms with E-state index < -0.39 is 18.2 Å². The van der Waals surface area contributed by atoms with Crippen molar-refractivity contribution in [2.75, 3.05) is 33.8 Å². The number of likely N-dealkylation sites (tertiary alicyclic amines) is 1. The molecular formula is C33H40N4O7. The minimum absolute atomic E-state index is 0.205. The first-order valence-electron chi connectivity index (χ1n) is 15.3. The Kier molecular flexibility index (Phi) is 8.00. The summed E-state index contributed by atoms with van der Waals surface area (Å²) >= 11 is 0. The van der Waals surface area contributed by atoms with E-state index in [1.54, 1.807) is 33.2 Å². The van der Waals surface area contributed by atoms with E-state index in [4.69, 9.17) is 14.2 Å². The van der Waals surface area contributed by atoms with Crippen LogP contribution in [0.1, 0.15) is 49.8 Å². The van der Waals surface area contributed by atoms with Gasteiger partial charge in [-0.25, -0.2) is 4.79 Å². The quantitative estimate of drug-likeness (QED) is 0.448. The number of nitrogens with one attached hydrogen (secondary N) is 2. The Morgan fingerprint density at radius 2 is 1.95 bits per heavy atom. The van der Waals surface area contributed by atoms with Gasteiger partial charge in [0.15, 0.2) is 23.4 Å². The molecule has 44 heavy (non-hydrogen) atoms. The van der Waals surface area contributed by atoms with Crippen molar-refractivity contribution in [1.82, 2.24) is 20.4 Å². The number of carbonyl (C=O) groups excluding carboxylic acids is 4. The van der Waals surface area contributed by atoms with Gasteiger partial charge in [0.05, 0.1) is 7.11 Å². The SMILES string of the molecule is COc1ccc2c3c1O[C@H]1C(=O)CC[C@H]4C(C2)N(Cc2ccc(OC(=O)N(C)CCNC(=O)[C@H](C)NC(C)=O)cc2)CC[C@]314. The summed E-state index contributed by atoms with van der Waals surface area (Å²) in [5, 5.41) is 5.22. The zero-order chi connectivity index (χ0) is 31.2. The molecule has 2 aliphatic carbocycles. The van der Waals surface area contributed by atoms with E-state index in [9.17, 15) is 19.2 Å². The average Bonchev–Trinajstić information content (AvgIpc) is 3.35. The molecule has 0 aromatic heterocycles. The minimum Gasteiger partial charge on any atom is -0.493 e. The Morgan fingerprint density at radius 1 is 1.18 bits per heavy atom. The summed E-state index contributed by atoms with van der Waals surface area (Å²) in [5.74, 6) is 1.87. The van der Waals surface area contributed by atoms with Gasteiger partial charge in [0, 0.05) is 57.0 Å². The van der Waals surface area contributed by atoms with E-state index in [-0.39, 0.29) is 36.1 Å². The molecule has 6 rings (SSSR count). The van der Waals surface area contributed by atoms with Crippen molar-refractivity contribution in [2.24, 2.45) is 5.92 Å². The number of benzene rings is 2. The topological polar surface area (TPSA) is 127 Å². The smallest absolute Gasteiger partial charge is 0.415 e. The molecule has 1 saturated carbocycles. The van der Waals surface area contributed by atoms with Crippen LogP contribution in [0.3, 0.4) is 0 Å². The second kappa shape index (κ2) is 11.8. The number of hydrogen-bond donors (Lipinski definition) is 2. The van der Waals surface area contributed by atoms with E-state index >= 15 is 0 Å². The summed E-state index contributed by atoms with van der Waals surface area (Å²) in [6, 6.07) is 11.4. The lowest BCUT2D eigenvalue weighted by molar-refractivity contribution is -0.139. The zero-order valence-electron chi connectivity index (χ0n) is 25.7. The Morgan fingerprint density at radius 3 is 2.68 bits per heavy atom. The zero-order valence-corrected chi connectivity index (χ0v) is 25.7. The molecule has 2 bridgehead atoms. The fraction of sp³-hybridized carbons (Fsp3) is 0.515. The number of ketones is 1. The maximum absolute atomic E-state index is 13.1. The molecule has 1 unspecified atom stereocenters.